The van der Waals surface area contributed by atoms with Gasteiger partial charge in [-0.25, -0.2) is 4.90 Å². The molecule has 0 aromatic heterocycles. The molecule has 2 aliphatic heterocycles. The van der Waals surface area contributed by atoms with Gasteiger partial charge in [-0.1, -0.05) is 58.7 Å². The number of nitrogens with zero attached hydrogens (tertiary/aromatic N) is 2. The molecule has 0 aliphatic carbocycles. The Morgan fingerprint density at radius 1 is 1.04 bits per heavy atom. The van der Waals surface area contributed by atoms with Gasteiger partial charge in [0.05, 0.1) is 10.7 Å². The minimum absolute atomic E-state index is 0.0970. The van der Waals surface area contributed by atoms with Crippen LogP contribution in [0.2, 0.25) is 10.0 Å². The number of carbonyl (C=O) groups excluding carboxylic acids is 3. The highest BCUT2D eigenvalue weighted by Crippen LogP contribution is 2.38. The number of benzene rings is 2. The van der Waals surface area contributed by atoms with Gasteiger partial charge >= 0.3 is 0 Å². The molecule has 8 heteroatoms. The number of halogens is 2. The van der Waals surface area contributed by atoms with Crippen molar-refractivity contribution in [3.63, 3.8) is 0 Å². The molecular weight excluding hydrogens is 379 g/mol. The monoisotopic (exact) mass is 388 g/mol. The average molecular weight is 389 g/mol. The molecule has 2 aromatic rings. The summed E-state index contributed by atoms with van der Waals surface area (Å²) in [4.78, 5) is 44.2. The minimum atomic E-state index is -1.18. The molecule has 2 aliphatic rings. The first kappa shape index (κ1) is 16.8. The number of amides is 2. The number of Topliss-reactive ketones (excluding diaryl/α,β-unsaturated/α-hetero) is 1. The van der Waals surface area contributed by atoms with Crippen molar-refractivity contribution < 1.29 is 19.2 Å². The number of fused-ring (bicyclic) bond motifs is 1. The lowest BCUT2D eigenvalue weighted by molar-refractivity contribution is -0.126. The number of rotatable bonds is 3. The molecule has 130 valence electrons. The Kier molecular flexibility index (Phi) is 4.01. The molecule has 2 atom stereocenters. The molecule has 0 radical (unpaired) electrons. The fourth-order valence-corrected chi connectivity index (χ4v) is 3.37. The van der Waals surface area contributed by atoms with Crippen molar-refractivity contribution >= 4 is 52.2 Å². The SMILES string of the molecule is O=C(C1=NO[C@@H]2C(=O)N(c3cc(Cl)ccc3Cl)C(=O)[C@H]12)c1ccccc1. The molecule has 0 spiro atoms. The number of carbonyl (C=O) groups is 3. The van der Waals surface area contributed by atoms with Crippen molar-refractivity contribution in [3.8, 4) is 0 Å². The standard InChI is InChI=1S/C18H10Cl2N2O4/c19-10-6-7-11(20)12(8-10)22-17(24)13-14(21-26-16(13)18(22)25)15(23)9-4-2-1-3-5-9/h1-8,13,16H/t13-,16+/m1/s1. The summed E-state index contributed by atoms with van der Waals surface area (Å²) in [5.41, 5.74) is 0.411. The van der Waals surface area contributed by atoms with E-state index >= 15 is 0 Å². The van der Waals surface area contributed by atoms with Gasteiger partial charge in [-0.3, -0.25) is 14.4 Å². The Morgan fingerprint density at radius 2 is 1.77 bits per heavy atom. The normalized spacial score (nSPS) is 21.5. The van der Waals surface area contributed by atoms with E-state index in [0.29, 0.717) is 10.6 Å². The molecule has 0 N–H and O–H groups in total. The highest BCUT2D eigenvalue weighted by Gasteiger charge is 2.57. The van der Waals surface area contributed by atoms with Gasteiger partial charge in [0, 0.05) is 10.6 Å². The third-order valence-corrected chi connectivity index (χ3v) is 4.78. The van der Waals surface area contributed by atoms with E-state index in [1.165, 1.54) is 12.1 Å². The Morgan fingerprint density at radius 3 is 2.50 bits per heavy atom. The van der Waals surface area contributed by atoms with Gasteiger partial charge in [0.25, 0.3) is 5.91 Å². The maximum atomic E-state index is 12.9. The van der Waals surface area contributed by atoms with Crippen LogP contribution in [0.5, 0.6) is 0 Å². The van der Waals surface area contributed by atoms with E-state index in [1.54, 1.807) is 36.4 Å². The molecule has 1 fully saturated rings. The first-order valence-electron chi connectivity index (χ1n) is 7.65. The summed E-state index contributed by atoms with van der Waals surface area (Å²) in [6.45, 7) is 0. The van der Waals surface area contributed by atoms with Crippen LogP contribution in [0.25, 0.3) is 0 Å². The molecule has 1 saturated heterocycles. The third-order valence-electron chi connectivity index (χ3n) is 4.23. The van der Waals surface area contributed by atoms with Gasteiger partial charge in [0.15, 0.2) is 0 Å². The largest absolute Gasteiger partial charge is 0.381 e. The third kappa shape index (κ3) is 2.50. The molecule has 6 nitrogen and oxygen atoms in total. The van der Waals surface area contributed by atoms with Gasteiger partial charge in [-0.2, -0.15) is 0 Å². The summed E-state index contributed by atoms with van der Waals surface area (Å²) in [5.74, 6) is -2.82. The molecule has 2 aromatic carbocycles. The van der Waals surface area contributed by atoms with Crippen LogP contribution in [0.3, 0.4) is 0 Å². The quantitative estimate of drug-likeness (QED) is 0.597. The van der Waals surface area contributed by atoms with Crippen LogP contribution >= 0.6 is 23.2 Å². The van der Waals surface area contributed by atoms with Crippen molar-refractivity contribution in [1.82, 2.24) is 0 Å². The van der Waals surface area contributed by atoms with Gasteiger partial charge in [0.1, 0.15) is 11.6 Å². The van der Waals surface area contributed by atoms with Crippen molar-refractivity contribution in [1.29, 1.82) is 0 Å². The first-order valence-corrected chi connectivity index (χ1v) is 8.41. The Hall–Kier alpha value is -2.70. The maximum absolute atomic E-state index is 12.9. The first-order chi connectivity index (χ1) is 12.5. The van der Waals surface area contributed by atoms with Crippen LogP contribution in [0.1, 0.15) is 10.4 Å². The lowest BCUT2D eigenvalue weighted by Crippen LogP contribution is -2.34. The average Bonchev–Trinajstić information content (AvgIpc) is 3.18. The van der Waals surface area contributed by atoms with Crippen LogP contribution in [0.4, 0.5) is 5.69 Å². The maximum Gasteiger partial charge on any atom is 0.279 e. The number of ketones is 1. The highest BCUT2D eigenvalue weighted by atomic mass is 35.5. The topological polar surface area (TPSA) is 76.0 Å². The fourth-order valence-electron chi connectivity index (χ4n) is 3.00. The van der Waals surface area contributed by atoms with E-state index < -0.39 is 29.6 Å². The van der Waals surface area contributed by atoms with E-state index in [0.717, 1.165) is 4.90 Å². The zero-order chi connectivity index (χ0) is 18.4. The predicted octanol–water partition coefficient (Wildman–Crippen LogP) is 3.12. The molecular formula is C18H10Cl2N2O4. The summed E-state index contributed by atoms with van der Waals surface area (Å²) in [5, 5.41) is 4.21. The lowest BCUT2D eigenvalue weighted by Gasteiger charge is -2.17. The van der Waals surface area contributed by atoms with Gasteiger partial charge in [-0.05, 0) is 18.2 Å². The number of imide groups is 1. The van der Waals surface area contributed by atoms with Crippen LogP contribution < -0.4 is 4.90 Å². The van der Waals surface area contributed by atoms with E-state index in [2.05, 4.69) is 5.16 Å². The van der Waals surface area contributed by atoms with Gasteiger partial charge in [0.2, 0.25) is 17.8 Å². The van der Waals surface area contributed by atoms with Crippen molar-refractivity contribution in [2.24, 2.45) is 11.1 Å². The van der Waals surface area contributed by atoms with E-state index in [4.69, 9.17) is 28.0 Å². The smallest absolute Gasteiger partial charge is 0.279 e. The molecule has 0 unspecified atom stereocenters. The van der Waals surface area contributed by atoms with Crippen LogP contribution in [-0.4, -0.2) is 29.4 Å². The second-order valence-corrected chi connectivity index (χ2v) is 6.63. The Labute approximate surface area is 157 Å². The van der Waals surface area contributed by atoms with Gasteiger partial charge in [-0.15, -0.1) is 0 Å². The van der Waals surface area contributed by atoms with Crippen LogP contribution in [0, 0.1) is 5.92 Å². The van der Waals surface area contributed by atoms with E-state index in [9.17, 15) is 14.4 Å². The number of hydrogen-bond donors (Lipinski definition) is 0. The number of anilines is 1. The summed E-state index contributed by atoms with van der Waals surface area (Å²) in [6, 6.07) is 12.8. The molecule has 26 heavy (non-hydrogen) atoms. The summed E-state index contributed by atoms with van der Waals surface area (Å²) >= 11 is 12.1. The molecule has 2 heterocycles. The second kappa shape index (κ2) is 6.23. The van der Waals surface area contributed by atoms with Crippen molar-refractivity contribution in [3.05, 3.63) is 64.1 Å². The number of hydrogen-bond acceptors (Lipinski definition) is 5. The van der Waals surface area contributed by atoms with Crippen LogP contribution in [0.15, 0.2) is 53.7 Å². The summed E-state index contributed by atoms with van der Waals surface area (Å²) in [6.07, 6.45) is -1.18. The highest BCUT2D eigenvalue weighted by molar-refractivity contribution is 6.52. The Balaban J connectivity index is 1.70. The predicted molar refractivity (Wildman–Crippen MR) is 95.5 cm³/mol. The van der Waals surface area contributed by atoms with Gasteiger partial charge < -0.3 is 4.84 Å². The zero-order valence-corrected chi connectivity index (χ0v) is 14.6. The molecule has 2 amide bonds. The molecule has 4 rings (SSSR count). The summed E-state index contributed by atoms with van der Waals surface area (Å²) < 4.78 is 0. The zero-order valence-electron chi connectivity index (χ0n) is 13.1. The van der Waals surface area contributed by atoms with Crippen LogP contribution in [-0.2, 0) is 14.4 Å². The van der Waals surface area contributed by atoms with Crippen molar-refractivity contribution in [2.75, 3.05) is 4.90 Å². The molecule has 0 saturated carbocycles. The minimum Gasteiger partial charge on any atom is -0.381 e. The fraction of sp³-hybridized carbons (Fsp3) is 0.111. The van der Waals surface area contributed by atoms with E-state index in [-0.39, 0.29) is 16.4 Å². The molecule has 0 bridgehead atoms. The van der Waals surface area contributed by atoms with E-state index in [1.807, 2.05) is 0 Å². The second-order valence-electron chi connectivity index (χ2n) is 5.78. The lowest BCUT2D eigenvalue weighted by atomic mass is 9.93. The Bertz CT molecular complexity index is 974. The number of oxime groups is 1. The summed E-state index contributed by atoms with van der Waals surface area (Å²) in [7, 11) is 0. The van der Waals surface area contributed by atoms with Crippen molar-refractivity contribution in [2.45, 2.75) is 6.10 Å².